The third-order valence-electron chi connectivity index (χ3n) is 18.0. The Morgan fingerprint density at radius 1 is 0.304 bits per heavy atom. The van der Waals surface area contributed by atoms with E-state index in [1.807, 2.05) is 91.8 Å². The van der Waals surface area contributed by atoms with E-state index in [-0.39, 0.29) is 253 Å². The zero-order valence-corrected chi connectivity index (χ0v) is 66.6. The average molecular weight is 1400 g/mol. The molecule has 0 saturated carbocycles. The number of benzene rings is 11. The number of hydrogen-bond acceptors (Lipinski definition) is 16. The fourth-order valence-electron chi connectivity index (χ4n) is 13.7. The Balaban J connectivity index is 0.00000302. The van der Waals surface area contributed by atoms with Crippen molar-refractivity contribution in [1.82, 2.24) is 0 Å². The average Bonchev–Trinajstić information content (AvgIpc) is 0.671. The maximum Gasteiger partial charge on any atom is 1.00 e. The predicted molar refractivity (Wildman–Crippen MR) is 360 cm³/mol. The fourth-order valence-corrected chi connectivity index (χ4v) is 13.7. The first-order valence-electron chi connectivity index (χ1n) is 32.1. The van der Waals surface area contributed by atoms with Crippen LogP contribution in [0, 0.1) is 0 Å². The topological polar surface area (TPSA) is 272 Å². The van der Waals surface area contributed by atoms with Crippen LogP contribution in [0.5, 0.6) is 46.0 Å². The molecular weight excluding hydrogens is 1340 g/mol. The molecule has 492 valence electrons. The molecule has 2 heterocycles. The summed E-state index contributed by atoms with van der Waals surface area (Å²) in [5, 5.41) is 48.7. The molecule has 13 rings (SSSR count). The number of carboxylic acid groups (broad SMARTS) is 4. The Morgan fingerprint density at radius 2 is 0.500 bits per heavy atom. The van der Waals surface area contributed by atoms with Crippen molar-refractivity contribution in [2.75, 3.05) is 9.80 Å². The molecule has 11 aromatic rings. The van der Waals surface area contributed by atoms with Gasteiger partial charge < -0.3 is 58.6 Å². The van der Waals surface area contributed by atoms with Crippen LogP contribution in [0.15, 0.2) is 158 Å². The fraction of sp³-hybridized carbons (Fsp3) is 0.200. The van der Waals surface area contributed by atoms with E-state index in [1.165, 1.54) is 131 Å². The Bertz CT molecular complexity index is 4580. The van der Waals surface area contributed by atoms with Crippen molar-refractivity contribution in [3.8, 4) is 46.0 Å². The van der Waals surface area contributed by atoms with Gasteiger partial charge in [0.1, 0.15) is 46.0 Å². The smallest absolute Gasteiger partial charge is 0.550 e. The van der Waals surface area contributed by atoms with Gasteiger partial charge in [-0.2, -0.15) is 0 Å². The Kier molecular flexibility index (Phi) is 24.2. The van der Waals surface area contributed by atoms with Crippen molar-refractivity contribution in [1.29, 1.82) is 0 Å². The molecular formula is C80H62N2Na4O16. The van der Waals surface area contributed by atoms with Crippen molar-refractivity contribution in [3.63, 3.8) is 0 Å². The minimum absolute atomic E-state index is 0. The van der Waals surface area contributed by atoms with Crippen LogP contribution in [-0.4, -0.2) is 47.5 Å². The zero-order chi connectivity index (χ0) is 69.4. The molecule has 0 bridgehead atoms. The number of amides is 4. The molecule has 22 heteroatoms. The van der Waals surface area contributed by atoms with Crippen molar-refractivity contribution >= 4 is 102 Å². The van der Waals surface area contributed by atoms with Crippen LogP contribution in [0.4, 0.5) is 11.4 Å². The summed E-state index contributed by atoms with van der Waals surface area (Å²) >= 11 is 0. The molecule has 18 nitrogen and oxygen atoms in total. The van der Waals surface area contributed by atoms with E-state index >= 15 is 19.2 Å². The summed E-state index contributed by atoms with van der Waals surface area (Å²) in [5.41, 5.74) is 4.93. The number of fused-ring (bicyclic) bond motifs is 2. The number of carbonyl (C=O) groups excluding carboxylic acids is 8. The summed E-state index contributed by atoms with van der Waals surface area (Å²) in [6.07, 6.45) is -1.73. The van der Waals surface area contributed by atoms with Crippen LogP contribution >= 0.6 is 0 Å². The molecule has 4 amide bonds. The number of para-hydroxylation sites is 2. The van der Waals surface area contributed by atoms with Gasteiger partial charge in [-0.1, -0.05) is 140 Å². The molecule has 0 aliphatic carbocycles. The van der Waals surface area contributed by atoms with Crippen molar-refractivity contribution in [2.24, 2.45) is 0 Å². The summed E-state index contributed by atoms with van der Waals surface area (Å²) in [7, 11) is 0. The minimum atomic E-state index is -1.33. The molecule has 0 fully saturated rings. The van der Waals surface area contributed by atoms with Crippen LogP contribution in [-0.2, 0) is 44.9 Å². The molecule has 0 unspecified atom stereocenters. The predicted octanol–water partition coefficient (Wildman–Crippen LogP) is 0.187. The molecule has 2 aliphatic rings. The molecule has 0 N–H and O–H groups in total. The first kappa shape index (κ1) is 78.2. The number of carbonyl (C=O) groups is 8. The van der Waals surface area contributed by atoms with Crippen LogP contribution in [0.25, 0.3) is 43.1 Å². The Labute approximate surface area is 675 Å². The normalized spacial score (nSPS) is 12.5. The van der Waals surface area contributed by atoms with Crippen molar-refractivity contribution in [3.05, 3.63) is 224 Å². The van der Waals surface area contributed by atoms with Crippen LogP contribution in [0.3, 0.4) is 0 Å². The molecule has 0 radical (unpaired) electrons. The van der Waals surface area contributed by atoms with Crippen LogP contribution in [0.2, 0.25) is 0 Å². The van der Waals surface area contributed by atoms with E-state index in [9.17, 15) is 39.6 Å². The number of anilines is 2. The van der Waals surface area contributed by atoms with Crippen LogP contribution in [0.1, 0.15) is 165 Å². The number of rotatable bonds is 22. The summed E-state index contributed by atoms with van der Waals surface area (Å²) < 4.78 is 28.5. The van der Waals surface area contributed by atoms with Gasteiger partial charge in [0.25, 0.3) is 23.6 Å². The van der Waals surface area contributed by atoms with Gasteiger partial charge in [-0.05, 0) is 141 Å². The summed E-state index contributed by atoms with van der Waals surface area (Å²) in [6.45, 7) is 15.7. The van der Waals surface area contributed by atoms with Crippen molar-refractivity contribution < 1.29 is 196 Å². The zero-order valence-electron chi connectivity index (χ0n) is 58.6. The molecule has 11 aromatic carbocycles. The summed E-state index contributed by atoms with van der Waals surface area (Å²) in [4.78, 5) is 115. The maximum atomic E-state index is 16.4. The van der Waals surface area contributed by atoms with Crippen LogP contribution < -0.4 is 167 Å². The second-order valence-electron chi connectivity index (χ2n) is 25.9. The van der Waals surface area contributed by atoms with Gasteiger partial charge in [0.2, 0.25) is 0 Å². The molecule has 0 saturated heterocycles. The number of nitrogens with zero attached hydrogens (tertiary/aromatic N) is 2. The summed E-state index contributed by atoms with van der Waals surface area (Å²) in [6, 6.07) is 41.9. The Morgan fingerprint density at radius 3 is 0.676 bits per heavy atom. The van der Waals surface area contributed by atoms with E-state index in [2.05, 4.69) is 0 Å². The van der Waals surface area contributed by atoms with Gasteiger partial charge in [-0.25, -0.2) is 9.80 Å². The third kappa shape index (κ3) is 14.7. The van der Waals surface area contributed by atoms with E-state index in [4.69, 9.17) is 18.9 Å². The molecule has 102 heavy (non-hydrogen) atoms. The minimum Gasteiger partial charge on any atom is -0.550 e. The number of ether oxygens (including phenoxy) is 4. The first-order chi connectivity index (χ1) is 46.8. The molecule has 0 atom stereocenters. The monoisotopic (exact) mass is 1400 g/mol. The largest absolute Gasteiger partial charge is 1.00 e. The molecule has 2 aliphatic heterocycles. The number of hydrogen-bond donors (Lipinski definition) is 0. The van der Waals surface area contributed by atoms with Gasteiger partial charge in [0.15, 0.2) is 0 Å². The quantitative estimate of drug-likeness (QED) is 0.0379. The SMILES string of the molecule is CC(C)c1cccc(C(C)C)c1N1C(=O)c2cc(Oc3ccc(CC(=O)[O-])cc3)c3c4c(Oc5ccc(CC(=O)[O-])cc5)cc5c6c(cc(Oc7ccc(CC(=O)[O-])cc7)c(c7c(Oc8ccc(CC(=O)[O-])cc8)cc(c2c37)C1=O)c64)C(=O)N(c1c(C(C)C)cccc1C(C)C)C5=O.[Na+].[Na+].[Na+].[Na+]. The van der Waals surface area contributed by atoms with Gasteiger partial charge in [0, 0.05) is 92.7 Å². The van der Waals surface area contributed by atoms with Gasteiger partial charge >= 0.3 is 118 Å². The Hall–Kier alpha value is -7.92. The number of carboxylic acids is 4. The second kappa shape index (κ2) is 31.6. The van der Waals surface area contributed by atoms with Gasteiger partial charge in [0.05, 0.1) is 33.6 Å². The maximum absolute atomic E-state index is 16.4. The number of imide groups is 2. The molecule has 0 aromatic heterocycles. The van der Waals surface area contributed by atoms with Gasteiger partial charge in [-0.15, -0.1) is 0 Å². The standard InChI is InChI=1S/C80H66N2O16.4Na/c1-39(2)51-11-9-12-52(40(3)4)75(51)81-77(91)55-35-59(95-47-23-15-43(16-24-47)31-63(83)84)69-71-61(97-49-27-19-45(20-28-49)33-65(87)88)37-57-68-58(80(94)82(79(57)93)76-53(41(5)6)13-10-14-54(76)42(7)8)38-62(98-50-29-21-46(22-30-50)34-66(89)90)72(74(68)71)70-60(36-56(78(81)92)67(55)73(69)70)96-48-25-17-44(18-26-48)32-64(85)86;;;;/h9-30,35-42H,31-34H2,1-8H3,(H,83,84)(H,85,86)(H,87,88)(H,89,90);;;;/q;4*+1/p-4. The van der Waals surface area contributed by atoms with E-state index in [0.717, 1.165) is 0 Å². The van der Waals surface area contributed by atoms with Gasteiger partial charge in [-0.3, -0.25) is 19.2 Å². The van der Waals surface area contributed by atoms with E-state index < -0.39 is 73.2 Å². The van der Waals surface area contributed by atoms with Crippen molar-refractivity contribution in [2.45, 2.75) is 105 Å². The first-order valence-corrected chi connectivity index (χ1v) is 32.1. The second-order valence-corrected chi connectivity index (χ2v) is 25.9. The number of aliphatic carboxylic acids is 4. The summed E-state index contributed by atoms with van der Waals surface area (Å²) in [5.74, 6) is -8.74. The third-order valence-corrected chi connectivity index (χ3v) is 18.0. The molecule has 0 spiro atoms. The van der Waals surface area contributed by atoms with E-state index in [0.29, 0.717) is 55.9 Å². The van der Waals surface area contributed by atoms with E-state index in [1.54, 1.807) is 0 Å².